The molecule has 6 heteroatoms. The zero-order chi connectivity index (χ0) is 19.4. The minimum absolute atomic E-state index is 0.0239. The topological polar surface area (TPSA) is 58.6 Å². The van der Waals surface area contributed by atoms with Crippen molar-refractivity contribution < 1.29 is 14.3 Å². The summed E-state index contributed by atoms with van der Waals surface area (Å²) in [6.07, 6.45) is 1.95. The average Bonchev–Trinajstić information content (AvgIpc) is 3.07. The lowest BCUT2D eigenvalue weighted by Crippen LogP contribution is -2.30. The molecule has 27 heavy (non-hydrogen) atoms. The molecule has 1 saturated heterocycles. The fourth-order valence-corrected chi connectivity index (χ4v) is 3.50. The Morgan fingerprint density at radius 1 is 1.26 bits per heavy atom. The quantitative estimate of drug-likeness (QED) is 0.822. The van der Waals surface area contributed by atoms with Gasteiger partial charge < -0.3 is 15.0 Å². The number of aryl methyl sites for hydroxylation is 1. The third-order valence-corrected chi connectivity index (χ3v) is 4.92. The van der Waals surface area contributed by atoms with Crippen LogP contribution in [0.4, 0.5) is 5.69 Å². The summed E-state index contributed by atoms with van der Waals surface area (Å²) in [6, 6.07) is 11.0. The highest BCUT2D eigenvalue weighted by Gasteiger charge is 2.26. The second-order valence-corrected chi connectivity index (χ2v) is 7.07. The van der Waals surface area contributed by atoms with E-state index in [-0.39, 0.29) is 11.8 Å². The third kappa shape index (κ3) is 4.42. The molecule has 1 N–H and O–H groups in total. The number of carbonyl (C=O) groups is 2. The summed E-state index contributed by atoms with van der Waals surface area (Å²) >= 11 is 6.10. The van der Waals surface area contributed by atoms with Gasteiger partial charge in [-0.25, -0.2) is 0 Å². The van der Waals surface area contributed by atoms with Crippen LogP contribution >= 0.6 is 11.6 Å². The number of hydrogen-bond donors (Lipinski definition) is 1. The summed E-state index contributed by atoms with van der Waals surface area (Å²) in [5.74, 6) is 0.619. The molecule has 2 aromatic rings. The standard InChI is InChI=1S/C21H23ClN2O3/c1-14-5-8-19(27-2)15(12-14)9-10-23-21(26)17-7-6-16(22)13-18(17)24-11-3-4-20(24)25/h5-8,12-13H,3-4,9-11H2,1-2H3,(H,23,26). The van der Waals surface area contributed by atoms with Gasteiger partial charge in [0.25, 0.3) is 5.91 Å². The molecule has 1 aliphatic heterocycles. The Morgan fingerprint density at radius 3 is 2.78 bits per heavy atom. The van der Waals surface area contributed by atoms with Crippen LogP contribution in [-0.2, 0) is 11.2 Å². The molecule has 0 atom stereocenters. The molecule has 5 nitrogen and oxygen atoms in total. The van der Waals surface area contributed by atoms with Crippen molar-refractivity contribution in [1.29, 1.82) is 0 Å². The van der Waals surface area contributed by atoms with Gasteiger partial charge in [0.2, 0.25) is 5.91 Å². The van der Waals surface area contributed by atoms with Crippen LogP contribution < -0.4 is 15.0 Å². The van der Waals surface area contributed by atoms with Gasteiger partial charge in [0.05, 0.1) is 18.4 Å². The van der Waals surface area contributed by atoms with Gasteiger partial charge in [-0.1, -0.05) is 29.3 Å². The Labute approximate surface area is 164 Å². The van der Waals surface area contributed by atoms with E-state index in [4.69, 9.17) is 16.3 Å². The van der Waals surface area contributed by atoms with Crippen LogP contribution in [0.1, 0.15) is 34.3 Å². The third-order valence-electron chi connectivity index (χ3n) is 4.68. The zero-order valence-electron chi connectivity index (χ0n) is 15.5. The number of nitrogens with one attached hydrogen (secondary N) is 1. The highest BCUT2D eigenvalue weighted by Crippen LogP contribution is 2.28. The fourth-order valence-electron chi connectivity index (χ4n) is 3.33. The van der Waals surface area contributed by atoms with E-state index in [2.05, 4.69) is 11.4 Å². The van der Waals surface area contributed by atoms with Gasteiger partial charge in [-0.05, 0) is 49.6 Å². The molecular weight excluding hydrogens is 364 g/mol. The summed E-state index contributed by atoms with van der Waals surface area (Å²) in [7, 11) is 1.64. The summed E-state index contributed by atoms with van der Waals surface area (Å²) in [4.78, 5) is 26.5. The molecule has 1 fully saturated rings. The van der Waals surface area contributed by atoms with E-state index in [0.29, 0.717) is 42.2 Å². The Hall–Kier alpha value is -2.53. The van der Waals surface area contributed by atoms with Gasteiger partial charge in [-0.2, -0.15) is 0 Å². The Morgan fingerprint density at radius 2 is 2.07 bits per heavy atom. The van der Waals surface area contributed by atoms with Gasteiger partial charge in [0.1, 0.15) is 5.75 Å². The maximum atomic E-state index is 12.7. The first kappa shape index (κ1) is 19.2. The Bertz CT molecular complexity index is 867. The van der Waals surface area contributed by atoms with Gasteiger partial charge in [-0.3, -0.25) is 9.59 Å². The summed E-state index contributed by atoms with van der Waals surface area (Å²) in [6.45, 7) is 3.10. The molecule has 1 aliphatic rings. The number of rotatable bonds is 6. The number of benzene rings is 2. The molecule has 2 amide bonds. The molecule has 0 aliphatic carbocycles. The normalized spacial score (nSPS) is 13.7. The summed E-state index contributed by atoms with van der Waals surface area (Å²) in [5, 5.41) is 3.45. The number of amides is 2. The van der Waals surface area contributed by atoms with Gasteiger partial charge in [-0.15, -0.1) is 0 Å². The van der Waals surface area contributed by atoms with Gasteiger partial charge in [0.15, 0.2) is 0 Å². The lowest BCUT2D eigenvalue weighted by atomic mass is 10.1. The van der Waals surface area contributed by atoms with E-state index in [9.17, 15) is 9.59 Å². The van der Waals surface area contributed by atoms with E-state index in [1.165, 1.54) is 0 Å². The van der Waals surface area contributed by atoms with E-state index in [0.717, 1.165) is 23.3 Å². The first-order valence-corrected chi connectivity index (χ1v) is 9.39. The number of methoxy groups -OCH3 is 1. The lowest BCUT2D eigenvalue weighted by Gasteiger charge is -2.20. The Kier molecular flexibility index (Phi) is 6.01. The van der Waals surface area contributed by atoms with E-state index < -0.39 is 0 Å². The predicted octanol–water partition coefficient (Wildman–Crippen LogP) is 3.76. The number of halogens is 1. The smallest absolute Gasteiger partial charge is 0.253 e. The molecule has 0 radical (unpaired) electrons. The second-order valence-electron chi connectivity index (χ2n) is 6.63. The van der Waals surface area contributed by atoms with Crippen molar-refractivity contribution in [2.45, 2.75) is 26.2 Å². The van der Waals surface area contributed by atoms with Crippen molar-refractivity contribution in [3.8, 4) is 5.75 Å². The number of anilines is 1. The average molecular weight is 387 g/mol. The zero-order valence-corrected chi connectivity index (χ0v) is 16.3. The largest absolute Gasteiger partial charge is 0.496 e. The van der Waals surface area contributed by atoms with Crippen molar-refractivity contribution in [2.24, 2.45) is 0 Å². The molecule has 0 saturated carbocycles. The highest BCUT2D eigenvalue weighted by molar-refractivity contribution is 6.31. The van der Waals surface area contributed by atoms with Gasteiger partial charge >= 0.3 is 0 Å². The summed E-state index contributed by atoms with van der Waals surface area (Å²) < 4.78 is 5.38. The molecule has 0 spiro atoms. The maximum Gasteiger partial charge on any atom is 0.253 e. The van der Waals surface area contributed by atoms with Crippen LogP contribution in [0.5, 0.6) is 5.75 Å². The van der Waals surface area contributed by atoms with E-state index >= 15 is 0 Å². The first-order valence-electron chi connectivity index (χ1n) is 9.01. The SMILES string of the molecule is COc1ccc(C)cc1CCNC(=O)c1ccc(Cl)cc1N1CCCC1=O. The first-order chi connectivity index (χ1) is 13.0. The van der Waals surface area contributed by atoms with E-state index in [1.54, 1.807) is 30.2 Å². The molecule has 0 unspecified atom stereocenters. The van der Waals surface area contributed by atoms with Crippen LogP contribution in [0.15, 0.2) is 36.4 Å². The number of hydrogen-bond acceptors (Lipinski definition) is 3. The monoisotopic (exact) mass is 386 g/mol. The molecule has 2 aromatic carbocycles. The summed E-state index contributed by atoms with van der Waals surface area (Å²) in [5.41, 5.74) is 3.23. The van der Waals surface area contributed by atoms with Crippen LogP contribution in [0.25, 0.3) is 0 Å². The molecular formula is C21H23ClN2O3. The van der Waals surface area contributed by atoms with Crippen molar-refractivity contribution in [1.82, 2.24) is 5.32 Å². The predicted molar refractivity (Wildman–Crippen MR) is 107 cm³/mol. The van der Waals surface area contributed by atoms with Crippen LogP contribution in [0.3, 0.4) is 0 Å². The van der Waals surface area contributed by atoms with Crippen molar-refractivity contribution in [3.63, 3.8) is 0 Å². The van der Waals surface area contributed by atoms with Crippen molar-refractivity contribution >= 4 is 29.1 Å². The molecule has 142 valence electrons. The minimum atomic E-state index is -0.215. The number of ether oxygens (including phenoxy) is 1. The van der Waals surface area contributed by atoms with Crippen molar-refractivity contribution in [2.75, 3.05) is 25.1 Å². The van der Waals surface area contributed by atoms with Crippen LogP contribution in [0, 0.1) is 6.92 Å². The second kappa shape index (κ2) is 8.44. The number of nitrogens with zero attached hydrogens (tertiary/aromatic N) is 1. The minimum Gasteiger partial charge on any atom is -0.496 e. The van der Waals surface area contributed by atoms with Crippen molar-refractivity contribution in [3.05, 3.63) is 58.1 Å². The maximum absolute atomic E-state index is 12.7. The fraction of sp³-hybridized carbons (Fsp3) is 0.333. The lowest BCUT2D eigenvalue weighted by molar-refractivity contribution is -0.117. The Balaban J connectivity index is 1.72. The molecule has 1 heterocycles. The van der Waals surface area contributed by atoms with Crippen LogP contribution in [-0.4, -0.2) is 32.0 Å². The highest BCUT2D eigenvalue weighted by atomic mass is 35.5. The van der Waals surface area contributed by atoms with E-state index in [1.807, 2.05) is 19.1 Å². The molecule has 0 aromatic heterocycles. The van der Waals surface area contributed by atoms with Crippen LogP contribution in [0.2, 0.25) is 5.02 Å². The van der Waals surface area contributed by atoms with Gasteiger partial charge in [0, 0.05) is 24.5 Å². The molecule has 3 rings (SSSR count). The molecule has 0 bridgehead atoms. The number of carbonyl (C=O) groups excluding carboxylic acids is 2.